The molecular weight excluding hydrogens is 376 g/mol. The second kappa shape index (κ2) is 8.28. The van der Waals surface area contributed by atoms with E-state index >= 15 is 0 Å². The van der Waals surface area contributed by atoms with Crippen LogP contribution in [0.1, 0.15) is 18.5 Å². The van der Waals surface area contributed by atoms with E-state index in [1.54, 1.807) is 0 Å². The van der Waals surface area contributed by atoms with Gasteiger partial charge in [0.25, 0.3) is 0 Å². The van der Waals surface area contributed by atoms with E-state index in [9.17, 15) is 0 Å². The molecule has 3 heterocycles. The summed E-state index contributed by atoms with van der Waals surface area (Å²) in [5.74, 6) is 1.77. The summed E-state index contributed by atoms with van der Waals surface area (Å²) in [5, 5.41) is 4.64. The maximum Gasteiger partial charge on any atom is 0.128 e. The van der Waals surface area contributed by atoms with Crippen molar-refractivity contribution < 1.29 is 4.74 Å². The molecule has 0 aromatic carbocycles. The largest absolute Gasteiger partial charge is 0.370 e. The molecule has 3 aromatic heterocycles. The minimum Gasteiger partial charge on any atom is -0.370 e. The maximum absolute atomic E-state index is 6.14. The number of aromatic nitrogens is 3. The van der Waals surface area contributed by atoms with Crippen molar-refractivity contribution in [3.05, 3.63) is 42.4 Å². The van der Waals surface area contributed by atoms with Crippen molar-refractivity contribution in [1.29, 1.82) is 0 Å². The monoisotopic (exact) mass is 408 g/mol. The minimum atomic E-state index is -1.11. The predicted octanol–water partition coefficient (Wildman–Crippen LogP) is 5.54. The van der Waals surface area contributed by atoms with E-state index in [0.29, 0.717) is 6.73 Å². The van der Waals surface area contributed by atoms with Crippen LogP contribution in [-0.2, 0) is 11.5 Å². The zero-order chi connectivity index (χ0) is 20.4. The Morgan fingerprint density at radius 2 is 2.00 bits per heavy atom. The SMILES string of the molecule is Cc1cc(-c2cc3cnc(NCC4CC4)cc3n2COCC[Si](C)(C)C)ccn1. The number of ether oxygens (including phenoxy) is 1. The average molecular weight is 409 g/mol. The molecule has 1 aliphatic carbocycles. The quantitative estimate of drug-likeness (QED) is 0.373. The Morgan fingerprint density at radius 3 is 2.72 bits per heavy atom. The van der Waals surface area contributed by atoms with Crippen molar-refractivity contribution in [3.63, 3.8) is 0 Å². The van der Waals surface area contributed by atoms with Crippen LogP contribution in [0.3, 0.4) is 0 Å². The summed E-state index contributed by atoms with van der Waals surface area (Å²) in [6, 6.07) is 9.75. The number of pyridine rings is 2. The van der Waals surface area contributed by atoms with Gasteiger partial charge in [-0.2, -0.15) is 0 Å². The Hall–Kier alpha value is -2.18. The Labute approximate surface area is 174 Å². The number of nitrogens with one attached hydrogen (secondary N) is 1. The van der Waals surface area contributed by atoms with Gasteiger partial charge in [-0.15, -0.1) is 0 Å². The summed E-state index contributed by atoms with van der Waals surface area (Å²) < 4.78 is 8.42. The molecule has 0 atom stereocenters. The molecule has 29 heavy (non-hydrogen) atoms. The first kappa shape index (κ1) is 20.1. The van der Waals surface area contributed by atoms with Gasteiger partial charge in [-0.25, -0.2) is 4.98 Å². The van der Waals surface area contributed by atoms with Gasteiger partial charge < -0.3 is 14.6 Å². The number of anilines is 1. The molecule has 0 spiro atoms. The lowest BCUT2D eigenvalue weighted by molar-refractivity contribution is 0.0913. The minimum absolute atomic E-state index is 0.552. The normalized spacial score (nSPS) is 14.5. The van der Waals surface area contributed by atoms with Crippen molar-refractivity contribution in [1.82, 2.24) is 14.5 Å². The van der Waals surface area contributed by atoms with Crippen LogP contribution in [-0.4, -0.2) is 35.8 Å². The average Bonchev–Trinajstić information content (AvgIpc) is 3.43. The fourth-order valence-corrected chi connectivity index (χ4v) is 4.20. The van der Waals surface area contributed by atoms with Gasteiger partial charge in [-0.3, -0.25) is 4.98 Å². The molecule has 5 nitrogen and oxygen atoms in total. The summed E-state index contributed by atoms with van der Waals surface area (Å²) in [5.41, 5.74) is 4.49. The first-order valence-electron chi connectivity index (χ1n) is 10.6. The van der Waals surface area contributed by atoms with Crippen LogP contribution < -0.4 is 5.32 Å². The highest BCUT2D eigenvalue weighted by Crippen LogP contribution is 2.31. The molecule has 0 radical (unpaired) electrons. The Bertz CT molecular complexity index is 988. The molecule has 154 valence electrons. The number of hydrogen-bond acceptors (Lipinski definition) is 4. The summed E-state index contributed by atoms with van der Waals surface area (Å²) in [6.07, 6.45) is 6.52. The number of hydrogen-bond donors (Lipinski definition) is 1. The van der Waals surface area contributed by atoms with E-state index in [4.69, 9.17) is 4.74 Å². The van der Waals surface area contributed by atoms with Gasteiger partial charge in [0, 0.05) is 56.3 Å². The summed E-state index contributed by atoms with van der Waals surface area (Å²) in [4.78, 5) is 8.98. The first-order valence-corrected chi connectivity index (χ1v) is 14.3. The highest BCUT2D eigenvalue weighted by Gasteiger charge is 2.21. The molecule has 3 aromatic rings. The summed E-state index contributed by atoms with van der Waals surface area (Å²) in [6.45, 7) is 11.6. The molecule has 0 amide bonds. The standard InChI is InChI=1S/C23H32N4OSi/c1-17-11-19(7-8-24-17)21-12-20-15-26-23(25-14-18-5-6-18)13-22(20)27(21)16-28-9-10-29(2,3)4/h7-8,11-13,15,18H,5-6,9-10,14,16H2,1-4H3,(H,25,26). The molecule has 0 saturated heterocycles. The van der Waals surface area contributed by atoms with Crippen molar-refractivity contribution in [2.45, 2.75) is 52.2 Å². The van der Waals surface area contributed by atoms with Crippen LogP contribution in [0, 0.1) is 12.8 Å². The molecule has 1 N–H and O–H groups in total. The van der Waals surface area contributed by atoms with Crippen LogP contribution in [0.15, 0.2) is 36.7 Å². The van der Waals surface area contributed by atoms with E-state index in [2.05, 4.69) is 63.8 Å². The topological polar surface area (TPSA) is 52.0 Å². The lowest BCUT2D eigenvalue weighted by atomic mass is 10.1. The smallest absolute Gasteiger partial charge is 0.128 e. The summed E-state index contributed by atoms with van der Waals surface area (Å²) >= 11 is 0. The van der Waals surface area contributed by atoms with E-state index in [1.807, 2.05) is 19.3 Å². The Morgan fingerprint density at radius 1 is 1.17 bits per heavy atom. The molecule has 0 unspecified atom stereocenters. The van der Waals surface area contributed by atoms with Crippen LogP contribution in [0.5, 0.6) is 0 Å². The number of fused-ring (bicyclic) bond motifs is 1. The van der Waals surface area contributed by atoms with Gasteiger partial charge in [0.2, 0.25) is 0 Å². The summed E-state index contributed by atoms with van der Waals surface area (Å²) in [7, 11) is -1.11. The third-order valence-corrected chi connectivity index (χ3v) is 7.17. The highest BCUT2D eigenvalue weighted by atomic mass is 28.3. The van der Waals surface area contributed by atoms with Crippen LogP contribution in [0.4, 0.5) is 5.82 Å². The van der Waals surface area contributed by atoms with Crippen molar-refractivity contribution in [2.75, 3.05) is 18.5 Å². The fourth-order valence-electron chi connectivity index (χ4n) is 3.44. The van der Waals surface area contributed by atoms with E-state index in [0.717, 1.165) is 52.7 Å². The van der Waals surface area contributed by atoms with Crippen molar-refractivity contribution in [3.8, 4) is 11.3 Å². The van der Waals surface area contributed by atoms with E-state index < -0.39 is 8.07 Å². The zero-order valence-electron chi connectivity index (χ0n) is 18.0. The van der Waals surface area contributed by atoms with Crippen LogP contribution in [0.25, 0.3) is 22.2 Å². The molecule has 0 aliphatic heterocycles. The number of aryl methyl sites for hydroxylation is 1. The second-order valence-electron chi connectivity index (χ2n) is 9.44. The predicted molar refractivity (Wildman–Crippen MR) is 123 cm³/mol. The maximum atomic E-state index is 6.14. The van der Waals surface area contributed by atoms with E-state index in [-0.39, 0.29) is 0 Å². The van der Waals surface area contributed by atoms with Crippen molar-refractivity contribution >= 4 is 24.8 Å². The molecule has 1 aliphatic rings. The third kappa shape index (κ3) is 5.25. The molecule has 1 fully saturated rings. The van der Waals surface area contributed by atoms with Gasteiger partial charge >= 0.3 is 0 Å². The number of nitrogens with zero attached hydrogens (tertiary/aromatic N) is 3. The van der Waals surface area contributed by atoms with Gasteiger partial charge in [0.1, 0.15) is 12.5 Å². The molecule has 6 heteroatoms. The fraction of sp³-hybridized carbons (Fsp3) is 0.478. The van der Waals surface area contributed by atoms with Gasteiger partial charge in [-0.1, -0.05) is 19.6 Å². The Balaban J connectivity index is 1.64. The molecule has 1 saturated carbocycles. The van der Waals surface area contributed by atoms with Gasteiger partial charge in [0.15, 0.2) is 0 Å². The second-order valence-corrected chi connectivity index (χ2v) is 15.1. The molecular formula is C23H32N4OSi. The zero-order valence-corrected chi connectivity index (χ0v) is 19.0. The lowest BCUT2D eigenvalue weighted by Gasteiger charge is -2.17. The third-order valence-electron chi connectivity index (χ3n) is 5.46. The van der Waals surface area contributed by atoms with E-state index in [1.165, 1.54) is 18.9 Å². The molecule has 4 rings (SSSR count). The van der Waals surface area contributed by atoms with Gasteiger partial charge in [0.05, 0.1) is 11.2 Å². The van der Waals surface area contributed by atoms with Crippen molar-refractivity contribution in [2.24, 2.45) is 5.92 Å². The van der Waals surface area contributed by atoms with Crippen LogP contribution in [0.2, 0.25) is 25.7 Å². The van der Waals surface area contributed by atoms with Crippen LogP contribution >= 0.6 is 0 Å². The van der Waals surface area contributed by atoms with Gasteiger partial charge in [-0.05, 0) is 49.9 Å². The lowest BCUT2D eigenvalue weighted by Crippen LogP contribution is -2.22. The highest BCUT2D eigenvalue weighted by molar-refractivity contribution is 6.76. The first-order chi connectivity index (χ1) is 13.9. The Kier molecular flexibility index (Phi) is 5.74. The molecule has 0 bridgehead atoms. The number of rotatable bonds is 9.